The third-order valence-corrected chi connectivity index (χ3v) is 2.90. The van der Waals surface area contributed by atoms with E-state index in [2.05, 4.69) is 19.2 Å². The molecule has 0 aromatic heterocycles. The van der Waals surface area contributed by atoms with Gasteiger partial charge in [0.15, 0.2) is 0 Å². The van der Waals surface area contributed by atoms with Crippen molar-refractivity contribution in [2.45, 2.75) is 39.5 Å². The maximum Gasteiger partial charge on any atom is 0.0469 e. The summed E-state index contributed by atoms with van der Waals surface area (Å²) in [5, 5.41) is 3.38. The zero-order valence-electron chi connectivity index (χ0n) is 9.72. The molecule has 14 heavy (non-hydrogen) atoms. The molecule has 0 saturated carbocycles. The lowest BCUT2D eigenvalue weighted by molar-refractivity contribution is 0.116. The Morgan fingerprint density at radius 3 is 2.86 bits per heavy atom. The van der Waals surface area contributed by atoms with Crippen LogP contribution in [0, 0.1) is 11.8 Å². The summed E-state index contributed by atoms with van der Waals surface area (Å²) in [6.45, 7) is 8.87. The fourth-order valence-corrected chi connectivity index (χ4v) is 1.91. The van der Waals surface area contributed by atoms with Gasteiger partial charge in [-0.25, -0.2) is 0 Å². The number of hydrogen-bond donors (Lipinski definition) is 1. The molecule has 0 aromatic carbocycles. The van der Waals surface area contributed by atoms with E-state index in [4.69, 9.17) is 4.74 Å². The summed E-state index contributed by atoms with van der Waals surface area (Å²) >= 11 is 0. The fourth-order valence-electron chi connectivity index (χ4n) is 1.91. The lowest BCUT2D eigenvalue weighted by Crippen LogP contribution is -2.11. The molecule has 0 aromatic rings. The first kappa shape index (κ1) is 12.0. The molecule has 1 fully saturated rings. The lowest BCUT2D eigenvalue weighted by atomic mass is 10.1. The second-order valence-electron chi connectivity index (χ2n) is 4.80. The molecule has 1 heterocycles. The smallest absolute Gasteiger partial charge is 0.0469 e. The first-order chi connectivity index (χ1) is 6.79. The molecule has 1 N–H and O–H groups in total. The van der Waals surface area contributed by atoms with Gasteiger partial charge in [0.25, 0.3) is 0 Å². The van der Waals surface area contributed by atoms with Gasteiger partial charge in [0, 0.05) is 13.2 Å². The third kappa shape index (κ3) is 5.61. The highest BCUT2D eigenvalue weighted by Gasteiger charge is 2.13. The Kier molecular flexibility index (Phi) is 6.20. The molecule has 2 heteroatoms. The van der Waals surface area contributed by atoms with Gasteiger partial charge in [-0.1, -0.05) is 13.8 Å². The zero-order chi connectivity index (χ0) is 10.2. The van der Waals surface area contributed by atoms with Crippen molar-refractivity contribution >= 4 is 0 Å². The molecule has 1 aliphatic heterocycles. The zero-order valence-corrected chi connectivity index (χ0v) is 9.72. The minimum absolute atomic E-state index is 0.817. The monoisotopic (exact) mass is 199 g/mol. The molecule has 84 valence electrons. The Balaban J connectivity index is 1.79. The maximum atomic E-state index is 5.62. The summed E-state index contributed by atoms with van der Waals surface area (Å²) in [5.41, 5.74) is 0. The number of rotatable bonds is 7. The predicted octanol–water partition coefficient (Wildman–Crippen LogP) is 2.44. The molecule has 2 nitrogen and oxygen atoms in total. The first-order valence-electron chi connectivity index (χ1n) is 6.07. The highest BCUT2D eigenvalue weighted by Crippen LogP contribution is 2.12. The number of ether oxygens (including phenoxy) is 1. The standard InChI is InChI=1S/C12H25NO/c1-11(2)4-3-8-14-9-6-12-5-7-13-10-12/h11-13H,3-10H2,1-2H3. The van der Waals surface area contributed by atoms with E-state index in [0.717, 1.165) is 25.0 Å². The van der Waals surface area contributed by atoms with Crippen molar-refractivity contribution in [2.75, 3.05) is 26.3 Å². The van der Waals surface area contributed by atoms with Crippen LogP contribution in [0.2, 0.25) is 0 Å². The van der Waals surface area contributed by atoms with Gasteiger partial charge >= 0.3 is 0 Å². The Morgan fingerprint density at radius 1 is 1.36 bits per heavy atom. The van der Waals surface area contributed by atoms with Gasteiger partial charge in [-0.05, 0) is 50.6 Å². The SMILES string of the molecule is CC(C)CCCOCCC1CCNC1. The van der Waals surface area contributed by atoms with E-state index >= 15 is 0 Å². The summed E-state index contributed by atoms with van der Waals surface area (Å²) in [5.74, 6) is 1.69. The Hall–Kier alpha value is -0.0800. The van der Waals surface area contributed by atoms with Crippen LogP contribution >= 0.6 is 0 Å². The normalized spacial score (nSPS) is 22.1. The van der Waals surface area contributed by atoms with Crippen LogP contribution < -0.4 is 5.32 Å². The molecular weight excluding hydrogens is 174 g/mol. The molecule has 1 aliphatic rings. The van der Waals surface area contributed by atoms with Gasteiger partial charge in [0.05, 0.1) is 0 Å². The Bertz CT molecular complexity index is 130. The van der Waals surface area contributed by atoms with Gasteiger partial charge in [-0.3, -0.25) is 0 Å². The van der Waals surface area contributed by atoms with Crippen molar-refractivity contribution in [1.82, 2.24) is 5.32 Å². The van der Waals surface area contributed by atoms with Crippen LogP contribution in [0.5, 0.6) is 0 Å². The van der Waals surface area contributed by atoms with Crippen LogP contribution in [0.3, 0.4) is 0 Å². The molecule has 1 atom stereocenters. The summed E-state index contributed by atoms with van der Waals surface area (Å²) < 4.78 is 5.62. The minimum Gasteiger partial charge on any atom is -0.381 e. The van der Waals surface area contributed by atoms with Gasteiger partial charge in [-0.15, -0.1) is 0 Å². The van der Waals surface area contributed by atoms with E-state index in [9.17, 15) is 0 Å². The molecule has 0 bridgehead atoms. The van der Waals surface area contributed by atoms with Gasteiger partial charge in [0.1, 0.15) is 0 Å². The number of nitrogens with one attached hydrogen (secondary N) is 1. The van der Waals surface area contributed by atoms with E-state index < -0.39 is 0 Å². The van der Waals surface area contributed by atoms with Crippen molar-refractivity contribution in [3.63, 3.8) is 0 Å². The van der Waals surface area contributed by atoms with Crippen molar-refractivity contribution in [3.05, 3.63) is 0 Å². The second kappa shape index (κ2) is 7.24. The summed E-state index contributed by atoms with van der Waals surface area (Å²) in [6, 6.07) is 0. The minimum atomic E-state index is 0.817. The third-order valence-electron chi connectivity index (χ3n) is 2.90. The van der Waals surface area contributed by atoms with Gasteiger partial charge in [-0.2, -0.15) is 0 Å². The van der Waals surface area contributed by atoms with Crippen molar-refractivity contribution in [1.29, 1.82) is 0 Å². The van der Waals surface area contributed by atoms with Crippen molar-refractivity contribution < 1.29 is 4.74 Å². The highest BCUT2D eigenvalue weighted by molar-refractivity contribution is 4.70. The number of hydrogen-bond acceptors (Lipinski definition) is 2. The van der Waals surface area contributed by atoms with Crippen LogP contribution in [0.4, 0.5) is 0 Å². The molecular formula is C12H25NO. The van der Waals surface area contributed by atoms with E-state index in [1.54, 1.807) is 0 Å². The van der Waals surface area contributed by atoms with E-state index in [1.807, 2.05) is 0 Å². The van der Waals surface area contributed by atoms with Crippen LogP contribution in [0.1, 0.15) is 39.5 Å². The highest BCUT2D eigenvalue weighted by atomic mass is 16.5. The van der Waals surface area contributed by atoms with Gasteiger partial charge < -0.3 is 10.1 Å². The fraction of sp³-hybridized carbons (Fsp3) is 1.00. The molecule has 0 amide bonds. The van der Waals surface area contributed by atoms with Crippen molar-refractivity contribution in [2.24, 2.45) is 11.8 Å². The summed E-state index contributed by atoms with van der Waals surface area (Å²) in [7, 11) is 0. The van der Waals surface area contributed by atoms with Crippen LogP contribution in [-0.2, 0) is 4.74 Å². The van der Waals surface area contributed by atoms with Crippen LogP contribution in [0.25, 0.3) is 0 Å². The molecule has 0 radical (unpaired) electrons. The molecule has 1 saturated heterocycles. The lowest BCUT2D eigenvalue weighted by Gasteiger charge is -2.09. The van der Waals surface area contributed by atoms with Gasteiger partial charge in [0.2, 0.25) is 0 Å². The average molecular weight is 199 g/mol. The first-order valence-corrected chi connectivity index (χ1v) is 6.07. The maximum absolute atomic E-state index is 5.62. The average Bonchev–Trinajstić information content (AvgIpc) is 2.63. The summed E-state index contributed by atoms with van der Waals surface area (Å²) in [4.78, 5) is 0. The van der Waals surface area contributed by atoms with Crippen LogP contribution in [0.15, 0.2) is 0 Å². The van der Waals surface area contributed by atoms with Crippen molar-refractivity contribution in [3.8, 4) is 0 Å². The summed E-state index contributed by atoms with van der Waals surface area (Å²) in [6.07, 6.45) is 5.11. The molecule has 1 unspecified atom stereocenters. The topological polar surface area (TPSA) is 21.3 Å². The molecule has 0 aliphatic carbocycles. The van der Waals surface area contributed by atoms with E-state index in [1.165, 1.54) is 38.8 Å². The molecule has 1 rings (SSSR count). The Labute approximate surface area is 88.4 Å². The van der Waals surface area contributed by atoms with E-state index in [-0.39, 0.29) is 0 Å². The quantitative estimate of drug-likeness (QED) is 0.636. The van der Waals surface area contributed by atoms with E-state index in [0.29, 0.717) is 0 Å². The molecule has 0 spiro atoms. The van der Waals surface area contributed by atoms with Crippen LogP contribution in [-0.4, -0.2) is 26.3 Å². The second-order valence-corrected chi connectivity index (χ2v) is 4.80. The Morgan fingerprint density at radius 2 is 2.21 bits per heavy atom. The predicted molar refractivity (Wildman–Crippen MR) is 60.5 cm³/mol. The largest absolute Gasteiger partial charge is 0.381 e.